The van der Waals surface area contributed by atoms with Gasteiger partial charge in [-0.15, -0.1) is 0 Å². The Bertz CT molecular complexity index is 858. The summed E-state index contributed by atoms with van der Waals surface area (Å²) in [6.45, 7) is 1.98. The lowest BCUT2D eigenvalue weighted by Crippen LogP contribution is -2.54. The molecule has 2 fully saturated rings. The minimum atomic E-state index is -0.257. The Hall–Kier alpha value is -2.74. The van der Waals surface area contributed by atoms with Gasteiger partial charge < -0.3 is 15.0 Å². The average molecular weight is 397 g/mol. The minimum absolute atomic E-state index is 0.0761. The van der Waals surface area contributed by atoms with E-state index in [1.807, 2.05) is 23.1 Å². The van der Waals surface area contributed by atoms with E-state index in [9.17, 15) is 9.59 Å². The van der Waals surface area contributed by atoms with Gasteiger partial charge in [-0.25, -0.2) is 0 Å². The third kappa shape index (κ3) is 4.64. The largest absolute Gasteiger partial charge is 0.375 e. The van der Waals surface area contributed by atoms with Crippen LogP contribution in [0.25, 0.3) is 0 Å². The second-order valence-electron chi connectivity index (χ2n) is 7.98. The fourth-order valence-corrected chi connectivity index (χ4v) is 4.24. The number of likely N-dealkylation sites (tertiary alicyclic amines) is 1. The van der Waals surface area contributed by atoms with Crippen LogP contribution in [0.2, 0.25) is 0 Å². The van der Waals surface area contributed by atoms with Crippen molar-refractivity contribution >= 4 is 11.8 Å². The lowest BCUT2D eigenvalue weighted by atomic mass is 9.82. The van der Waals surface area contributed by atoms with Gasteiger partial charge in [-0.2, -0.15) is 5.10 Å². The summed E-state index contributed by atoms with van der Waals surface area (Å²) in [5, 5.41) is 7.18. The van der Waals surface area contributed by atoms with Crippen molar-refractivity contribution in [2.24, 2.45) is 7.05 Å². The predicted molar refractivity (Wildman–Crippen MR) is 106 cm³/mol. The molecular weight excluding hydrogens is 370 g/mol. The second kappa shape index (κ2) is 8.32. The Balaban J connectivity index is 1.30. The van der Waals surface area contributed by atoms with E-state index < -0.39 is 0 Å². The summed E-state index contributed by atoms with van der Waals surface area (Å²) >= 11 is 0. The number of hydrogen-bond acceptors (Lipinski definition) is 5. The standard InChI is InChI=1S/C21H27N5O3/c1-25-15-16(14-23-25)20(28)24-18-5-11-29-21(13-18)6-9-26(10-7-21)19(27)12-17-4-2-3-8-22-17/h2-4,8,14-15,18H,5-7,9-13H2,1H3,(H,24,28)/t18-/m0/s1. The van der Waals surface area contributed by atoms with Gasteiger partial charge in [-0.05, 0) is 37.8 Å². The average Bonchev–Trinajstić information content (AvgIpc) is 3.16. The van der Waals surface area contributed by atoms with E-state index in [-0.39, 0.29) is 23.5 Å². The van der Waals surface area contributed by atoms with Crippen molar-refractivity contribution in [3.63, 3.8) is 0 Å². The number of hydrogen-bond donors (Lipinski definition) is 1. The molecule has 0 aliphatic carbocycles. The van der Waals surface area contributed by atoms with Gasteiger partial charge in [0.15, 0.2) is 0 Å². The van der Waals surface area contributed by atoms with Gasteiger partial charge in [0.25, 0.3) is 5.91 Å². The van der Waals surface area contributed by atoms with Crippen molar-refractivity contribution in [3.8, 4) is 0 Å². The molecule has 1 spiro atoms. The van der Waals surface area contributed by atoms with Crippen LogP contribution in [0.5, 0.6) is 0 Å². The highest BCUT2D eigenvalue weighted by atomic mass is 16.5. The van der Waals surface area contributed by atoms with Crippen molar-refractivity contribution in [3.05, 3.63) is 48.0 Å². The molecule has 8 heteroatoms. The van der Waals surface area contributed by atoms with E-state index in [2.05, 4.69) is 15.4 Å². The minimum Gasteiger partial charge on any atom is -0.375 e. The van der Waals surface area contributed by atoms with Gasteiger partial charge in [-0.1, -0.05) is 6.07 Å². The zero-order valence-corrected chi connectivity index (χ0v) is 16.7. The van der Waals surface area contributed by atoms with Crippen LogP contribution in [-0.2, 0) is 23.0 Å². The molecule has 2 aromatic rings. The molecule has 4 rings (SSSR count). The first-order valence-electron chi connectivity index (χ1n) is 10.1. The maximum Gasteiger partial charge on any atom is 0.254 e. The summed E-state index contributed by atoms with van der Waals surface area (Å²) in [6.07, 6.45) is 8.51. The van der Waals surface area contributed by atoms with Crippen molar-refractivity contribution in [2.45, 2.75) is 43.7 Å². The topological polar surface area (TPSA) is 89.4 Å². The highest BCUT2D eigenvalue weighted by Crippen LogP contribution is 2.35. The number of nitrogens with zero attached hydrogens (tertiary/aromatic N) is 4. The SMILES string of the molecule is Cn1cc(C(=O)N[C@H]2CCOC3(CCN(C(=O)Cc4ccccn4)CC3)C2)cn1. The number of carbonyl (C=O) groups is 2. The molecule has 0 aromatic carbocycles. The highest BCUT2D eigenvalue weighted by Gasteiger charge is 2.41. The van der Waals surface area contributed by atoms with Crippen LogP contribution in [0, 0.1) is 0 Å². The third-order valence-electron chi connectivity index (χ3n) is 5.88. The lowest BCUT2D eigenvalue weighted by molar-refractivity contribution is -0.143. The van der Waals surface area contributed by atoms with Crippen LogP contribution in [0.3, 0.4) is 0 Å². The molecule has 2 aliphatic heterocycles. The van der Waals surface area contributed by atoms with Gasteiger partial charge in [0.1, 0.15) is 0 Å². The molecule has 0 unspecified atom stereocenters. The maximum atomic E-state index is 12.6. The van der Waals surface area contributed by atoms with E-state index in [0.29, 0.717) is 31.7 Å². The molecule has 0 bridgehead atoms. The van der Waals surface area contributed by atoms with Gasteiger partial charge in [0, 0.05) is 50.9 Å². The number of carbonyl (C=O) groups excluding carboxylic acids is 2. The molecule has 1 atom stereocenters. The van der Waals surface area contributed by atoms with Crippen LogP contribution in [0.4, 0.5) is 0 Å². The molecule has 0 radical (unpaired) electrons. The molecule has 2 amide bonds. The van der Waals surface area contributed by atoms with Crippen LogP contribution in [0.1, 0.15) is 41.7 Å². The zero-order chi connectivity index (χ0) is 20.3. The van der Waals surface area contributed by atoms with Gasteiger partial charge in [0.2, 0.25) is 5.91 Å². The number of rotatable bonds is 4. The van der Waals surface area contributed by atoms with Crippen molar-refractivity contribution in [1.29, 1.82) is 0 Å². The Morgan fingerprint density at radius 3 is 2.83 bits per heavy atom. The summed E-state index contributed by atoms with van der Waals surface area (Å²) in [6, 6.07) is 5.70. The maximum absolute atomic E-state index is 12.6. The van der Waals surface area contributed by atoms with Crippen molar-refractivity contribution in [1.82, 2.24) is 25.0 Å². The van der Waals surface area contributed by atoms with Crippen LogP contribution in [0.15, 0.2) is 36.8 Å². The predicted octanol–water partition coefficient (Wildman–Crippen LogP) is 1.33. The summed E-state index contributed by atoms with van der Waals surface area (Å²) in [5.41, 5.74) is 1.11. The Labute approximate surface area is 170 Å². The zero-order valence-electron chi connectivity index (χ0n) is 16.7. The molecule has 1 N–H and O–H groups in total. The van der Waals surface area contributed by atoms with Crippen LogP contribution < -0.4 is 5.32 Å². The number of piperidine rings is 1. The smallest absolute Gasteiger partial charge is 0.254 e. The number of amides is 2. The Kier molecular flexibility index (Phi) is 5.62. The molecule has 0 saturated carbocycles. The van der Waals surface area contributed by atoms with E-state index in [0.717, 1.165) is 31.4 Å². The van der Waals surface area contributed by atoms with E-state index in [1.165, 1.54) is 0 Å². The van der Waals surface area contributed by atoms with Crippen LogP contribution in [-0.4, -0.2) is 62.8 Å². The van der Waals surface area contributed by atoms with Crippen molar-refractivity contribution in [2.75, 3.05) is 19.7 Å². The van der Waals surface area contributed by atoms with E-state index in [4.69, 9.17) is 4.74 Å². The number of pyridine rings is 1. The van der Waals surface area contributed by atoms with Crippen LogP contribution >= 0.6 is 0 Å². The molecular formula is C21H27N5O3. The lowest BCUT2D eigenvalue weighted by Gasteiger charge is -2.46. The summed E-state index contributed by atoms with van der Waals surface area (Å²) in [5.74, 6) is 0.0129. The number of aryl methyl sites for hydroxylation is 1. The molecule has 2 aromatic heterocycles. The monoisotopic (exact) mass is 397 g/mol. The molecule has 2 aliphatic rings. The Morgan fingerprint density at radius 2 is 2.14 bits per heavy atom. The summed E-state index contributed by atoms with van der Waals surface area (Å²) in [7, 11) is 1.79. The summed E-state index contributed by atoms with van der Waals surface area (Å²) < 4.78 is 7.78. The third-order valence-corrected chi connectivity index (χ3v) is 5.88. The molecule has 8 nitrogen and oxygen atoms in total. The molecule has 4 heterocycles. The first-order chi connectivity index (χ1) is 14.0. The number of aromatic nitrogens is 3. The first-order valence-corrected chi connectivity index (χ1v) is 10.1. The molecule has 29 heavy (non-hydrogen) atoms. The van der Waals surface area contributed by atoms with Gasteiger partial charge >= 0.3 is 0 Å². The number of nitrogens with one attached hydrogen (secondary N) is 1. The fraction of sp³-hybridized carbons (Fsp3) is 0.524. The Morgan fingerprint density at radius 1 is 1.31 bits per heavy atom. The fourth-order valence-electron chi connectivity index (χ4n) is 4.24. The summed E-state index contributed by atoms with van der Waals surface area (Å²) in [4.78, 5) is 31.2. The molecule has 154 valence electrons. The highest BCUT2D eigenvalue weighted by molar-refractivity contribution is 5.93. The van der Waals surface area contributed by atoms with Gasteiger partial charge in [0.05, 0.1) is 23.8 Å². The normalized spacial score (nSPS) is 21.1. The van der Waals surface area contributed by atoms with E-state index >= 15 is 0 Å². The second-order valence-corrected chi connectivity index (χ2v) is 7.98. The van der Waals surface area contributed by atoms with Crippen molar-refractivity contribution < 1.29 is 14.3 Å². The van der Waals surface area contributed by atoms with E-state index in [1.54, 1.807) is 30.3 Å². The van der Waals surface area contributed by atoms with Gasteiger partial charge in [-0.3, -0.25) is 19.3 Å². The first kappa shape index (κ1) is 19.6. The quantitative estimate of drug-likeness (QED) is 0.841. The number of ether oxygens (including phenoxy) is 1. The molecule has 2 saturated heterocycles.